The quantitative estimate of drug-likeness (QED) is 0.527. The van der Waals surface area contributed by atoms with Crippen molar-refractivity contribution in [3.8, 4) is 17.2 Å². The maximum absolute atomic E-state index is 13.5. The lowest BCUT2D eigenvalue weighted by Gasteiger charge is -2.16. The van der Waals surface area contributed by atoms with Crippen molar-refractivity contribution in [2.45, 2.75) is 6.54 Å². The molecular weight excluding hydrogens is 420 g/mol. The number of amides is 2. The highest BCUT2D eigenvalue weighted by Gasteiger charge is 2.40. The summed E-state index contributed by atoms with van der Waals surface area (Å²) >= 11 is 0. The van der Waals surface area contributed by atoms with Crippen molar-refractivity contribution in [3.63, 3.8) is 0 Å². The Morgan fingerprint density at radius 2 is 1.45 bits per heavy atom. The number of nitrogens with zero attached hydrogens (tertiary/aromatic N) is 1. The van der Waals surface area contributed by atoms with E-state index >= 15 is 0 Å². The Morgan fingerprint density at radius 1 is 0.758 bits per heavy atom. The minimum absolute atomic E-state index is 0.155. The van der Waals surface area contributed by atoms with Crippen LogP contribution in [0.15, 0.2) is 78.5 Å². The molecular formula is C26H24N2O5. The summed E-state index contributed by atoms with van der Waals surface area (Å²) in [6.45, 7) is 0.155. The van der Waals surface area contributed by atoms with Gasteiger partial charge in [-0.2, -0.15) is 0 Å². The number of nitrogens with one attached hydrogen (secondary N) is 1. The molecule has 0 aromatic heterocycles. The Morgan fingerprint density at radius 3 is 2.15 bits per heavy atom. The predicted octanol–water partition coefficient (Wildman–Crippen LogP) is 4.10. The molecule has 0 radical (unpaired) electrons. The van der Waals surface area contributed by atoms with Gasteiger partial charge in [-0.3, -0.25) is 14.5 Å². The van der Waals surface area contributed by atoms with Gasteiger partial charge in [-0.05, 0) is 23.8 Å². The Kier molecular flexibility index (Phi) is 6.31. The second-order valence-corrected chi connectivity index (χ2v) is 7.32. The lowest BCUT2D eigenvalue weighted by molar-refractivity contribution is -0.137. The average Bonchev–Trinajstić information content (AvgIpc) is 3.08. The first-order valence-corrected chi connectivity index (χ1v) is 10.3. The van der Waals surface area contributed by atoms with Gasteiger partial charge in [0.15, 0.2) is 0 Å². The number of anilines is 1. The predicted molar refractivity (Wildman–Crippen MR) is 125 cm³/mol. The molecule has 1 heterocycles. The lowest BCUT2D eigenvalue weighted by Crippen LogP contribution is -2.32. The molecule has 168 valence electrons. The van der Waals surface area contributed by atoms with E-state index in [0.29, 0.717) is 28.5 Å². The first-order valence-electron chi connectivity index (χ1n) is 10.3. The van der Waals surface area contributed by atoms with Crippen molar-refractivity contribution in [1.82, 2.24) is 4.90 Å². The van der Waals surface area contributed by atoms with Crippen LogP contribution in [0.25, 0.3) is 5.57 Å². The molecule has 1 aliphatic rings. The fourth-order valence-corrected chi connectivity index (χ4v) is 3.74. The molecule has 1 aliphatic heterocycles. The van der Waals surface area contributed by atoms with Gasteiger partial charge in [-0.25, -0.2) is 0 Å². The number of hydrogen-bond acceptors (Lipinski definition) is 6. The van der Waals surface area contributed by atoms with Crippen LogP contribution in [-0.2, 0) is 16.1 Å². The number of carbonyl (C=O) groups excluding carboxylic acids is 2. The number of carbonyl (C=O) groups is 2. The summed E-state index contributed by atoms with van der Waals surface area (Å²) < 4.78 is 16.2. The van der Waals surface area contributed by atoms with E-state index in [9.17, 15) is 9.59 Å². The number of ether oxygens (including phenoxy) is 3. The van der Waals surface area contributed by atoms with Gasteiger partial charge in [0, 0.05) is 11.6 Å². The third-order valence-electron chi connectivity index (χ3n) is 5.40. The molecule has 0 unspecified atom stereocenters. The van der Waals surface area contributed by atoms with Crippen LogP contribution in [0.1, 0.15) is 11.1 Å². The summed E-state index contributed by atoms with van der Waals surface area (Å²) in [7, 11) is 4.62. The molecule has 3 aromatic rings. The van der Waals surface area contributed by atoms with Crippen LogP contribution < -0.4 is 19.5 Å². The van der Waals surface area contributed by atoms with E-state index in [1.165, 1.54) is 19.1 Å². The fourth-order valence-electron chi connectivity index (χ4n) is 3.74. The van der Waals surface area contributed by atoms with Gasteiger partial charge in [-0.1, -0.05) is 48.5 Å². The summed E-state index contributed by atoms with van der Waals surface area (Å²) in [6, 6.07) is 21.7. The molecule has 0 aliphatic carbocycles. The topological polar surface area (TPSA) is 77.1 Å². The number of imide groups is 1. The normalized spacial score (nSPS) is 13.4. The van der Waals surface area contributed by atoms with Crippen molar-refractivity contribution in [2.75, 3.05) is 26.6 Å². The first-order chi connectivity index (χ1) is 16.1. The van der Waals surface area contributed by atoms with Crippen molar-refractivity contribution >= 4 is 23.1 Å². The summed E-state index contributed by atoms with van der Waals surface area (Å²) in [5, 5.41) is 3.14. The number of hydrogen-bond donors (Lipinski definition) is 1. The van der Waals surface area contributed by atoms with Crippen LogP contribution in [0.2, 0.25) is 0 Å². The molecule has 7 heteroatoms. The average molecular weight is 444 g/mol. The van der Waals surface area contributed by atoms with Gasteiger partial charge in [0.05, 0.1) is 39.1 Å². The summed E-state index contributed by atoms with van der Waals surface area (Å²) in [5.74, 6) is 0.751. The SMILES string of the molecule is COc1ccc(NC2=C(c3ccccc3OC)C(=O)N(Cc3ccccc3)C2=O)c(OC)c1. The number of methoxy groups -OCH3 is 3. The molecule has 3 aromatic carbocycles. The molecule has 4 rings (SSSR count). The fraction of sp³-hybridized carbons (Fsp3) is 0.154. The molecule has 7 nitrogen and oxygen atoms in total. The van der Waals surface area contributed by atoms with E-state index in [0.717, 1.165) is 5.56 Å². The Bertz CT molecular complexity index is 1220. The van der Waals surface area contributed by atoms with E-state index in [-0.39, 0.29) is 17.8 Å². The van der Waals surface area contributed by atoms with E-state index in [1.807, 2.05) is 36.4 Å². The Hall–Kier alpha value is -4.26. The zero-order chi connectivity index (χ0) is 23.4. The van der Waals surface area contributed by atoms with Crippen LogP contribution >= 0.6 is 0 Å². The smallest absolute Gasteiger partial charge is 0.278 e. The zero-order valence-electron chi connectivity index (χ0n) is 18.6. The van der Waals surface area contributed by atoms with Crippen LogP contribution in [0.3, 0.4) is 0 Å². The van der Waals surface area contributed by atoms with Gasteiger partial charge in [0.1, 0.15) is 22.9 Å². The van der Waals surface area contributed by atoms with Crippen LogP contribution in [0, 0.1) is 0 Å². The molecule has 1 N–H and O–H groups in total. The van der Waals surface area contributed by atoms with E-state index in [1.54, 1.807) is 43.5 Å². The van der Waals surface area contributed by atoms with Gasteiger partial charge >= 0.3 is 0 Å². The maximum atomic E-state index is 13.5. The van der Waals surface area contributed by atoms with Crippen molar-refractivity contribution < 1.29 is 23.8 Å². The Balaban J connectivity index is 1.81. The largest absolute Gasteiger partial charge is 0.497 e. The maximum Gasteiger partial charge on any atom is 0.278 e. The van der Waals surface area contributed by atoms with E-state index in [4.69, 9.17) is 14.2 Å². The van der Waals surface area contributed by atoms with E-state index in [2.05, 4.69) is 5.32 Å². The minimum Gasteiger partial charge on any atom is -0.497 e. The van der Waals surface area contributed by atoms with Gasteiger partial charge in [0.25, 0.3) is 11.8 Å². The molecule has 0 fully saturated rings. The highest BCUT2D eigenvalue weighted by atomic mass is 16.5. The minimum atomic E-state index is -0.428. The summed E-state index contributed by atoms with van der Waals surface area (Å²) in [5.41, 5.74) is 2.31. The molecule has 0 saturated carbocycles. The lowest BCUT2D eigenvalue weighted by atomic mass is 10.0. The van der Waals surface area contributed by atoms with Crippen LogP contribution in [-0.4, -0.2) is 38.0 Å². The third-order valence-corrected chi connectivity index (χ3v) is 5.40. The van der Waals surface area contributed by atoms with Crippen LogP contribution in [0.5, 0.6) is 17.2 Å². The molecule has 0 saturated heterocycles. The highest BCUT2D eigenvalue weighted by Crippen LogP contribution is 2.38. The van der Waals surface area contributed by atoms with E-state index < -0.39 is 11.8 Å². The van der Waals surface area contributed by atoms with Crippen LogP contribution in [0.4, 0.5) is 5.69 Å². The highest BCUT2D eigenvalue weighted by molar-refractivity contribution is 6.37. The van der Waals surface area contributed by atoms with Crippen molar-refractivity contribution in [1.29, 1.82) is 0 Å². The van der Waals surface area contributed by atoms with Gasteiger partial charge in [-0.15, -0.1) is 0 Å². The first kappa shape index (κ1) is 22.0. The monoisotopic (exact) mass is 444 g/mol. The summed E-state index contributed by atoms with van der Waals surface area (Å²) in [4.78, 5) is 28.3. The standard InChI is InChI=1S/C26H24N2O5/c1-31-18-13-14-20(22(15-18)33-3)27-24-23(19-11-7-8-12-21(19)32-2)25(29)28(26(24)30)16-17-9-5-4-6-10-17/h4-15,27H,16H2,1-3H3. The second-order valence-electron chi connectivity index (χ2n) is 7.32. The van der Waals surface area contributed by atoms with Crippen molar-refractivity contribution in [2.24, 2.45) is 0 Å². The Labute approximate surface area is 192 Å². The molecule has 2 amide bonds. The van der Waals surface area contributed by atoms with Crippen molar-refractivity contribution in [3.05, 3.63) is 89.6 Å². The second kappa shape index (κ2) is 9.48. The van der Waals surface area contributed by atoms with Gasteiger partial charge in [0.2, 0.25) is 0 Å². The molecule has 0 atom stereocenters. The molecule has 0 spiro atoms. The number of rotatable bonds is 8. The zero-order valence-corrected chi connectivity index (χ0v) is 18.6. The number of benzene rings is 3. The van der Waals surface area contributed by atoms with Gasteiger partial charge < -0.3 is 19.5 Å². The molecule has 0 bridgehead atoms. The summed E-state index contributed by atoms with van der Waals surface area (Å²) in [6.07, 6.45) is 0. The number of para-hydroxylation sites is 1. The molecule has 33 heavy (non-hydrogen) atoms. The third kappa shape index (κ3) is 4.25.